The smallest absolute Gasteiger partial charge is 0.123 e. The Morgan fingerprint density at radius 2 is 1.64 bits per heavy atom. The number of rotatable bonds is 7. The summed E-state index contributed by atoms with van der Waals surface area (Å²) in [6.45, 7) is 4.34. The first kappa shape index (κ1) is 25.3. The average Bonchev–Trinajstić information content (AvgIpc) is 2.65. The molecule has 1 heterocycles. The van der Waals surface area contributed by atoms with Crippen LogP contribution in [-0.4, -0.2) is 31.1 Å². The summed E-state index contributed by atoms with van der Waals surface area (Å²) in [5, 5.41) is 4.57. The molecular formula is C21H27Cl4FN2. The highest BCUT2D eigenvalue weighted by molar-refractivity contribution is 6.42. The maximum absolute atomic E-state index is 13.0. The Hall–Kier alpha value is -0.710. The standard InChI is InChI=1S/C21H25Cl2FN2.2ClH/c22-20-7-6-19(15-21(20)23)25-10-1-11-26-12-8-17(9-13-26)14-16-2-4-18(24)5-3-16;;/h2-7,15,17,25H,1,8-14H2;2*1H. The highest BCUT2D eigenvalue weighted by atomic mass is 35.5. The van der Waals surface area contributed by atoms with Gasteiger partial charge >= 0.3 is 0 Å². The fourth-order valence-corrected chi connectivity index (χ4v) is 3.81. The predicted molar refractivity (Wildman–Crippen MR) is 123 cm³/mol. The Labute approximate surface area is 189 Å². The first-order chi connectivity index (χ1) is 12.6. The van der Waals surface area contributed by atoms with Crippen LogP contribution in [0.25, 0.3) is 0 Å². The van der Waals surface area contributed by atoms with Crippen LogP contribution in [0.3, 0.4) is 0 Å². The molecule has 0 aromatic heterocycles. The maximum atomic E-state index is 13.0. The molecule has 0 atom stereocenters. The second-order valence-electron chi connectivity index (χ2n) is 7.02. The molecule has 2 aromatic carbocycles. The molecule has 1 N–H and O–H groups in total. The molecule has 7 heteroatoms. The van der Waals surface area contributed by atoms with Crippen LogP contribution in [0.2, 0.25) is 10.0 Å². The van der Waals surface area contributed by atoms with Crippen LogP contribution < -0.4 is 5.32 Å². The van der Waals surface area contributed by atoms with Crippen molar-refractivity contribution in [2.24, 2.45) is 5.92 Å². The molecule has 0 radical (unpaired) electrons. The van der Waals surface area contributed by atoms with E-state index in [1.807, 2.05) is 30.3 Å². The van der Waals surface area contributed by atoms with Gasteiger partial charge in [0.1, 0.15) is 5.82 Å². The van der Waals surface area contributed by atoms with E-state index in [2.05, 4.69) is 10.2 Å². The second kappa shape index (κ2) is 12.8. The van der Waals surface area contributed by atoms with Gasteiger partial charge in [-0.3, -0.25) is 0 Å². The zero-order valence-corrected chi connectivity index (χ0v) is 18.8. The largest absolute Gasteiger partial charge is 0.385 e. The Balaban J connectivity index is 0.00000196. The lowest BCUT2D eigenvalue weighted by atomic mass is 9.90. The number of hydrogen-bond acceptors (Lipinski definition) is 2. The molecule has 0 saturated carbocycles. The Morgan fingerprint density at radius 3 is 2.29 bits per heavy atom. The zero-order chi connectivity index (χ0) is 18.4. The van der Waals surface area contributed by atoms with Crippen molar-refractivity contribution in [1.82, 2.24) is 4.90 Å². The lowest BCUT2D eigenvalue weighted by molar-refractivity contribution is 0.183. The van der Waals surface area contributed by atoms with E-state index < -0.39 is 0 Å². The van der Waals surface area contributed by atoms with E-state index in [0.717, 1.165) is 44.7 Å². The normalized spacial score (nSPS) is 14.8. The molecule has 28 heavy (non-hydrogen) atoms. The SMILES string of the molecule is Cl.Cl.Fc1ccc(CC2CCN(CCCNc3ccc(Cl)c(Cl)c3)CC2)cc1. The molecule has 0 spiro atoms. The van der Waals surface area contributed by atoms with Crippen molar-refractivity contribution in [3.05, 3.63) is 63.9 Å². The Morgan fingerprint density at radius 1 is 0.964 bits per heavy atom. The van der Waals surface area contributed by atoms with Crippen molar-refractivity contribution >= 4 is 53.7 Å². The molecule has 2 nitrogen and oxygen atoms in total. The lowest BCUT2D eigenvalue weighted by Crippen LogP contribution is -2.35. The van der Waals surface area contributed by atoms with Gasteiger partial charge in [0.05, 0.1) is 10.0 Å². The molecule has 2 aromatic rings. The van der Waals surface area contributed by atoms with Crippen LogP contribution >= 0.6 is 48.0 Å². The predicted octanol–water partition coefficient (Wildman–Crippen LogP) is 6.73. The third-order valence-electron chi connectivity index (χ3n) is 5.04. The fraction of sp³-hybridized carbons (Fsp3) is 0.429. The van der Waals surface area contributed by atoms with Crippen molar-refractivity contribution in [2.45, 2.75) is 25.7 Å². The summed E-state index contributed by atoms with van der Waals surface area (Å²) in [7, 11) is 0. The number of nitrogens with one attached hydrogen (secondary N) is 1. The van der Waals surface area contributed by atoms with E-state index in [1.54, 1.807) is 12.1 Å². The third-order valence-corrected chi connectivity index (χ3v) is 5.78. The summed E-state index contributed by atoms with van der Waals surface area (Å²) in [6, 6.07) is 12.6. The molecule has 0 unspecified atom stereocenters. The number of anilines is 1. The monoisotopic (exact) mass is 466 g/mol. The van der Waals surface area contributed by atoms with Crippen LogP contribution in [0.1, 0.15) is 24.8 Å². The zero-order valence-electron chi connectivity index (χ0n) is 15.7. The quantitative estimate of drug-likeness (QED) is 0.454. The van der Waals surface area contributed by atoms with Gasteiger partial charge in [-0.25, -0.2) is 4.39 Å². The van der Waals surface area contributed by atoms with Gasteiger partial charge in [-0.1, -0.05) is 35.3 Å². The van der Waals surface area contributed by atoms with Gasteiger partial charge in [-0.2, -0.15) is 0 Å². The lowest BCUT2D eigenvalue weighted by Gasteiger charge is -2.32. The number of nitrogens with zero attached hydrogens (tertiary/aromatic N) is 1. The maximum Gasteiger partial charge on any atom is 0.123 e. The second-order valence-corrected chi connectivity index (χ2v) is 7.84. The van der Waals surface area contributed by atoms with Crippen molar-refractivity contribution in [2.75, 3.05) is 31.5 Å². The molecule has 156 valence electrons. The molecule has 0 bridgehead atoms. The van der Waals surface area contributed by atoms with Gasteiger partial charge in [-0.15, -0.1) is 24.8 Å². The van der Waals surface area contributed by atoms with E-state index in [1.165, 1.54) is 18.4 Å². The van der Waals surface area contributed by atoms with Crippen LogP contribution in [0.5, 0.6) is 0 Å². The van der Waals surface area contributed by atoms with E-state index in [-0.39, 0.29) is 30.6 Å². The molecule has 0 aliphatic carbocycles. The number of halogens is 5. The summed E-state index contributed by atoms with van der Waals surface area (Å²) in [4.78, 5) is 2.54. The number of benzene rings is 2. The van der Waals surface area contributed by atoms with Crippen molar-refractivity contribution in [1.29, 1.82) is 0 Å². The number of hydrogen-bond donors (Lipinski definition) is 1. The van der Waals surface area contributed by atoms with Crippen molar-refractivity contribution in [3.8, 4) is 0 Å². The molecular weight excluding hydrogens is 441 g/mol. The summed E-state index contributed by atoms with van der Waals surface area (Å²) in [6.07, 6.45) is 4.60. The van der Waals surface area contributed by atoms with Gasteiger partial charge < -0.3 is 10.2 Å². The topological polar surface area (TPSA) is 15.3 Å². The van der Waals surface area contributed by atoms with Gasteiger partial charge in [0.2, 0.25) is 0 Å². The minimum absolute atomic E-state index is 0. The molecule has 3 rings (SSSR count). The van der Waals surface area contributed by atoms with Gasteiger partial charge in [0, 0.05) is 12.2 Å². The average molecular weight is 468 g/mol. The highest BCUT2D eigenvalue weighted by Gasteiger charge is 2.19. The first-order valence-corrected chi connectivity index (χ1v) is 10.0. The van der Waals surface area contributed by atoms with E-state index >= 15 is 0 Å². The van der Waals surface area contributed by atoms with Crippen LogP contribution in [0.4, 0.5) is 10.1 Å². The molecule has 0 amide bonds. The minimum Gasteiger partial charge on any atom is -0.385 e. The van der Waals surface area contributed by atoms with Crippen molar-refractivity contribution in [3.63, 3.8) is 0 Å². The number of likely N-dealkylation sites (tertiary alicyclic amines) is 1. The van der Waals surface area contributed by atoms with Gasteiger partial charge in [0.15, 0.2) is 0 Å². The molecule has 1 aliphatic rings. The van der Waals surface area contributed by atoms with E-state index in [0.29, 0.717) is 16.0 Å². The molecule has 1 aliphatic heterocycles. The Kier molecular flexibility index (Phi) is 11.5. The number of piperidine rings is 1. The van der Waals surface area contributed by atoms with E-state index in [9.17, 15) is 4.39 Å². The van der Waals surface area contributed by atoms with Crippen LogP contribution in [0.15, 0.2) is 42.5 Å². The summed E-state index contributed by atoms with van der Waals surface area (Å²) < 4.78 is 13.0. The van der Waals surface area contributed by atoms with Crippen LogP contribution in [0, 0.1) is 11.7 Å². The van der Waals surface area contributed by atoms with Gasteiger partial charge in [0.25, 0.3) is 0 Å². The van der Waals surface area contributed by atoms with Crippen molar-refractivity contribution < 1.29 is 4.39 Å². The van der Waals surface area contributed by atoms with Gasteiger partial charge in [-0.05, 0) is 87.1 Å². The summed E-state index contributed by atoms with van der Waals surface area (Å²) >= 11 is 12.0. The molecule has 1 saturated heterocycles. The summed E-state index contributed by atoms with van der Waals surface area (Å²) in [5.74, 6) is 0.559. The fourth-order valence-electron chi connectivity index (χ4n) is 3.51. The summed E-state index contributed by atoms with van der Waals surface area (Å²) in [5.41, 5.74) is 2.26. The molecule has 1 fully saturated rings. The third kappa shape index (κ3) is 7.96. The van der Waals surface area contributed by atoms with E-state index in [4.69, 9.17) is 23.2 Å². The minimum atomic E-state index is -0.155. The highest BCUT2D eigenvalue weighted by Crippen LogP contribution is 2.25. The first-order valence-electron chi connectivity index (χ1n) is 9.26. The Bertz CT molecular complexity index is 704. The van der Waals surface area contributed by atoms with Crippen LogP contribution in [-0.2, 0) is 6.42 Å².